The zero-order valence-corrected chi connectivity index (χ0v) is 14.1. The Labute approximate surface area is 142 Å². The van der Waals surface area contributed by atoms with Crippen molar-refractivity contribution in [1.29, 1.82) is 0 Å². The van der Waals surface area contributed by atoms with Crippen LogP contribution in [-0.2, 0) is 19.4 Å². The molecule has 9 heteroatoms. The Bertz CT molecular complexity index is 854. The van der Waals surface area contributed by atoms with E-state index in [2.05, 4.69) is 5.32 Å². The molecule has 0 saturated carbocycles. The highest BCUT2D eigenvalue weighted by molar-refractivity contribution is 7.90. The summed E-state index contributed by atoms with van der Waals surface area (Å²) in [5.41, 5.74) is 0.0970. The van der Waals surface area contributed by atoms with Gasteiger partial charge in [-0.05, 0) is 35.7 Å². The summed E-state index contributed by atoms with van der Waals surface area (Å²) in [5, 5.41) is 3.79. The van der Waals surface area contributed by atoms with Crippen molar-refractivity contribution in [3.8, 4) is 0 Å². The molecule has 0 fully saturated rings. The van der Waals surface area contributed by atoms with E-state index in [1.54, 1.807) is 17.5 Å². The average molecular weight is 367 g/mol. The van der Waals surface area contributed by atoms with Crippen molar-refractivity contribution < 1.29 is 27.5 Å². The highest BCUT2D eigenvalue weighted by Gasteiger charge is 2.15. The van der Waals surface area contributed by atoms with Crippen LogP contribution in [0.3, 0.4) is 0 Å². The Kier molecular flexibility index (Phi) is 5.47. The van der Waals surface area contributed by atoms with Gasteiger partial charge in [0, 0.05) is 6.26 Å². The van der Waals surface area contributed by atoms with Gasteiger partial charge < -0.3 is 4.74 Å². The summed E-state index contributed by atoms with van der Waals surface area (Å²) in [6.07, 6.45) is 1.05. The lowest BCUT2D eigenvalue weighted by Gasteiger charge is -2.05. The van der Waals surface area contributed by atoms with Crippen molar-refractivity contribution in [2.24, 2.45) is 0 Å². The summed E-state index contributed by atoms with van der Waals surface area (Å²) in [4.78, 5) is 35.5. The number of carbonyl (C=O) groups is 3. The Morgan fingerprint density at radius 2 is 1.79 bits per heavy atom. The lowest BCUT2D eigenvalue weighted by atomic mass is 10.2. The number of hydrogen-bond donors (Lipinski definition) is 1. The maximum Gasteiger partial charge on any atom is 0.338 e. The third kappa shape index (κ3) is 4.74. The molecule has 2 aromatic rings. The molecule has 0 aliphatic rings. The van der Waals surface area contributed by atoms with E-state index < -0.39 is 34.2 Å². The minimum Gasteiger partial charge on any atom is -0.452 e. The molecular formula is C15H13NO6S2. The number of hydrogen-bond acceptors (Lipinski definition) is 7. The maximum atomic E-state index is 11.8. The lowest BCUT2D eigenvalue weighted by Crippen LogP contribution is -2.33. The predicted molar refractivity (Wildman–Crippen MR) is 86.6 cm³/mol. The Morgan fingerprint density at radius 1 is 1.12 bits per heavy atom. The summed E-state index contributed by atoms with van der Waals surface area (Å²) in [6, 6.07) is 8.34. The van der Waals surface area contributed by atoms with Gasteiger partial charge in [-0.2, -0.15) is 0 Å². The fourth-order valence-electron chi connectivity index (χ4n) is 1.68. The van der Waals surface area contributed by atoms with Crippen LogP contribution >= 0.6 is 11.3 Å². The van der Waals surface area contributed by atoms with Gasteiger partial charge >= 0.3 is 5.97 Å². The first-order valence-corrected chi connectivity index (χ1v) is 9.39. The van der Waals surface area contributed by atoms with Crippen LogP contribution in [0.2, 0.25) is 0 Å². The quantitative estimate of drug-likeness (QED) is 0.798. The highest BCUT2D eigenvalue weighted by atomic mass is 32.2. The van der Waals surface area contributed by atoms with Crippen molar-refractivity contribution in [3.63, 3.8) is 0 Å². The molecule has 126 valence electrons. The van der Waals surface area contributed by atoms with E-state index in [1.165, 1.54) is 35.6 Å². The molecule has 1 aromatic carbocycles. The van der Waals surface area contributed by atoms with Crippen molar-refractivity contribution >= 4 is 39.0 Å². The number of imide groups is 1. The molecule has 0 atom stereocenters. The summed E-state index contributed by atoms with van der Waals surface area (Å²) < 4.78 is 27.4. The summed E-state index contributed by atoms with van der Waals surface area (Å²) in [7, 11) is -3.36. The number of carbonyl (C=O) groups excluding carboxylic acids is 3. The van der Waals surface area contributed by atoms with Gasteiger partial charge in [-0.25, -0.2) is 13.2 Å². The van der Waals surface area contributed by atoms with E-state index in [-0.39, 0.29) is 10.5 Å². The van der Waals surface area contributed by atoms with Gasteiger partial charge in [-0.3, -0.25) is 14.9 Å². The van der Waals surface area contributed by atoms with Crippen molar-refractivity contribution in [2.75, 3.05) is 12.9 Å². The van der Waals surface area contributed by atoms with Crippen LogP contribution in [0.1, 0.15) is 20.0 Å². The number of sulfone groups is 1. The molecule has 1 aromatic heterocycles. The normalized spacial score (nSPS) is 10.9. The van der Waals surface area contributed by atoms with Gasteiger partial charge in [0.15, 0.2) is 16.4 Å². The Hall–Kier alpha value is -2.52. The molecule has 2 amide bonds. The minimum absolute atomic E-state index is 0.0679. The molecular weight excluding hydrogens is 354 g/mol. The molecule has 1 N–H and O–H groups in total. The molecule has 0 saturated heterocycles. The second-order valence-corrected chi connectivity index (χ2v) is 7.69. The van der Waals surface area contributed by atoms with Crippen LogP contribution in [0.4, 0.5) is 0 Å². The van der Waals surface area contributed by atoms with E-state index in [9.17, 15) is 22.8 Å². The molecule has 0 spiro atoms. The van der Waals surface area contributed by atoms with E-state index >= 15 is 0 Å². The third-order valence-corrected chi connectivity index (χ3v) is 4.85. The van der Waals surface area contributed by atoms with E-state index in [0.29, 0.717) is 4.88 Å². The first-order valence-electron chi connectivity index (χ1n) is 6.62. The smallest absolute Gasteiger partial charge is 0.338 e. The van der Waals surface area contributed by atoms with Gasteiger partial charge in [0.2, 0.25) is 0 Å². The van der Waals surface area contributed by atoms with Gasteiger partial charge in [-0.15, -0.1) is 11.3 Å². The largest absolute Gasteiger partial charge is 0.452 e. The predicted octanol–water partition coefficient (Wildman–Crippen LogP) is 1.26. The van der Waals surface area contributed by atoms with E-state index in [0.717, 1.165) is 6.26 Å². The molecule has 0 bridgehead atoms. The highest BCUT2D eigenvalue weighted by Crippen LogP contribution is 2.11. The molecule has 0 aliphatic carbocycles. The molecule has 2 rings (SSSR count). The fourth-order valence-corrected chi connectivity index (χ4v) is 2.93. The molecule has 24 heavy (non-hydrogen) atoms. The van der Waals surface area contributed by atoms with Crippen LogP contribution in [0.15, 0.2) is 46.7 Å². The monoisotopic (exact) mass is 367 g/mol. The van der Waals surface area contributed by atoms with E-state index in [1.807, 2.05) is 0 Å². The summed E-state index contributed by atoms with van der Waals surface area (Å²) in [5.74, 6) is -2.12. The molecule has 7 nitrogen and oxygen atoms in total. The number of benzene rings is 1. The minimum atomic E-state index is -3.36. The summed E-state index contributed by atoms with van der Waals surface area (Å²) in [6.45, 7) is -0.621. The van der Waals surface area contributed by atoms with Crippen LogP contribution in [0.5, 0.6) is 0 Å². The Morgan fingerprint density at radius 3 is 2.33 bits per heavy atom. The number of ether oxygens (including phenoxy) is 1. The maximum absolute atomic E-state index is 11.8. The number of nitrogens with one attached hydrogen (secondary N) is 1. The van der Waals surface area contributed by atoms with Crippen LogP contribution in [0, 0.1) is 0 Å². The summed E-state index contributed by atoms with van der Waals surface area (Å²) >= 11 is 1.18. The van der Waals surface area contributed by atoms with Gasteiger partial charge in [0.25, 0.3) is 11.8 Å². The van der Waals surface area contributed by atoms with Crippen LogP contribution in [0.25, 0.3) is 0 Å². The lowest BCUT2D eigenvalue weighted by molar-refractivity contribution is -0.123. The van der Waals surface area contributed by atoms with Crippen molar-refractivity contribution in [3.05, 3.63) is 52.2 Å². The first kappa shape index (κ1) is 17.8. The zero-order chi connectivity index (χ0) is 17.7. The van der Waals surface area contributed by atoms with Crippen molar-refractivity contribution in [1.82, 2.24) is 5.32 Å². The molecule has 1 heterocycles. The molecule has 0 unspecified atom stereocenters. The average Bonchev–Trinajstić information content (AvgIpc) is 3.06. The Balaban J connectivity index is 1.88. The van der Waals surface area contributed by atoms with Gasteiger partial charge in [0.05, 0.1) is 15.3 Å². The zero-order valence-electron chi connectivity index (χ0n) is 12.5. The topological polar surface area (TPSA) is 107 Å². The standard InChI is InChI=1S/C15H13NO6S2/c1-24(20,21)11-6-4-10(5-7-11)15(19)22-9-13(17)16-14(18)12-3-2-8-23-12/h2-8H,9H2,1H3,(H,16,17,18). The first-order chi connectivity index (χ1) is 11.3. The van der Waals surface area contributed by atoms with Crippen molar-refractivity contribution in [2.45, 2.75) is 4.90 Å². The number of rotatable bonds is 5. The number of esters is 1. The second kappa shape index (κ2) is 7.37. The second-order valence-electron chi connectivity index (χ2n) is 4.73. The van der Waals surface area contributed by atoms with Crippen LogP contribution in [-0.4, -0.2) is 39.1 Å². The number of amides is 2. The SMILES string of the molecule is CS(=O)(=O)c1ccc(C(=O)OCC(=O)NC(=O)c2cccs2)cc1. The number of thiophene rings is 1. The molecule has 0 aliphatic heterocycles. The van der Waals surface area contributed by atoms with Gasteiger partial charge in [0.1, 0.15) is 0 Å². The van der Waals surface area contributed by atoms with E-state index in [4.69, 9.17) is 4.74 Å². The third-order valence-electron chi connectivity index (χ3n) is 2.85. The van der Waals surface area contributed by atoms with Gasteiger partial charge in [-0.1, -0.05) is 6.07 Å². The fraction of sp³-hybridized carbons (Fsp3) is 0.133. The van der Waals surface area contributed by atoms with Crippen LogP contribution < -0.4 is 5.32 Å². The molecule has 0 radical (unpaired) electrons.